The van der Waals surface area contributed by atoms with Crippen LogP contribution in [0, 0.1) is 0 Å². The molecule has 4 heteroatoms. The summed E-state index contributed by atoms with van der Waals surface area (Å²) in [4.78, 5) is 13.1. The Hall–Kier alpha value is -1.31. The molecule has 0 aliphatic heterocycles. The molecule has 0 saturated heterocycles. The van der Waals surface area contributed by atoms with Crippen LogP contribution in [0.25, 0.3) is 0 Å². The number of hydrogen-bond acceptors (Lipinski definition) is 3. The van der Waals surface area contributed by atoms with Gasteiger partial charge in [-0.1, -0.05) is 25.4 Å². The van der Waals surface area contributed by atoms with Crippen LogP contribution in [0.2, 0.25) is 5.02 Å². The van der Waals surface area contributed by atoms with Crippen LogP contribution in [-0.2, 0) is 4.79 Å². The third-order valence-corrected chi connectivity index (χ3v) is 1.26. The van der Waals surface area contributed by atoms with Crippen molar-refractivity contribution in [2.24, 2.45) is 4.99 Å². The predicted octanol–water partition coefficient (Wildman–Crippen LogP) is 3.04. The lowest BCUT2D eigenvalue weighted by molar-refractivity contribution is 0.475. The molecule has 0 spiro atoms. The predicted molar refractivity (Wildman–Crippen MR) is 52.2 cm³/mol. The summed E-state index contributed by atoms with van der Waals surface area (Å²) in [6, 6.07) is 4.12. The molecule has 0 fully saturated rings. The molecular weight excluding hydrogens is 190 g/mol. The molecule has 0 saturated carbocycles. The third-order valence-electron chi connectivity index (χ3n) is 1.04. The van der Waals surface area contributed by atoms with E-state index in [2.05, 4.69) is 4.99 Å². The van der Waals surface area contributed by atoms with Crippen LogP contribution in [0.5, 0.6) is 5.75 Å². The summed E-state index contributed by atoms with van der Waals surface area (Å²) in [6.07, 6.45) is 1.34. The molecule has 0 aliphatic rings. The lowest BCUT2D eigenvalue weighted by atomic mass is 10.3. The lowest BCUT2D eigenvalue weighted by Gasteiger charge is -1.93. The van der Waals surface area contributed by atoms with Crippen LogP contribution >= 0.6 is 11.6 Å². The number of carbonyl (C=O) groups excluding carboxylic acids is 1. The maximum atomic E-state index is 9.78. The Balaban J connectivity index is 0.000000671. The van der Waals surface area contributed by atoms with Crippen LogP contribution in [-0.4, -0.2) is 11.2 Å². The first-order chi connectivity index (χ1) is 6.22. The van der Waals surface area contributed by atoms with Gasteiger partial charge in [-0.2, -0.15) is 4.99 Å². The Morgan fingerprint density at radius 2 is 2.00 bits per heavy atom. The summed E-state index contributed by atoms with van der Waals surface area (Å²) in [5.41, 5.74) is 0.296. The van der Waals surface area contributed by atoms with E-state index in [1.165, 1.54) is 24.3 Å². The highest BCUT2D eigenvalue weighted by molar-refractivity contribution is 6.31. The van der Waals surface area contributed by atoms with E-state index >= 15 is 0 Å². The van der Waals surface area contributed by atoms with Gasteiger partial charge in [-0.3, -0.25) is 0 Å². The van der Waals surface area contributed by atoms with Crippen molar-refractivity contribution in [3.63, 3.8) is 0 Å². The highest BCUT2D eigenvalue weighted by Crippen LogP contribution is 2.24. The van der Waals surface area contributed by atoms with Gasteiger partial charge < -0.3 is 5.11 Å². The van der Waals surface area contributed by atoms with Crippen LogP contribution in [0.1, 0.15) is 13.8 Å². The van der Waals surface area contributed by atoms with Gasteiger partial charge in [-0.05, 0) is 12.1 Å². The number of aromatic hydroxyl groups is 1. The van der Waals surface area contributed by atoms with Crippen molar-refractivity contribution in [1.82, 2.24) is 0 Å². The van der Waals surface area contributed by atoms with Crippen molar-refractivity contribution < 1.29 is 9.90 Å². The van der Waals surface area contributed by atoms with Crippen molar-refractivity contribution >= 4 is 23.4 Å². The SMILES string of the molecule is CC.O=C=Nc1cc(O)cc(Cl)c1. The first kappa shape index (κ1) is 11.7. The molecule has 3 nitrogen and oxygen atoms in total. The Labute approximate surface area is 81.7 Å². The van der Waals surface area contributed by atoms with Crippen molar-refractivity contribution in [2.45, 2.75) is 13.8 Å². The van der Waals surface area contributed by atoms with Crippen LogP contribution in [0.3, 0.4) is 0 Å². The molecule has 0 amide bonds. The van der Waals surface area contributed by atoms with Gasteiger partial charge in [0.05, 0.1) is 5.69 Å². The van der Waals surface area contributed by atoms with Crippen LogP contribution < -0.4 is 0 Å². The number of phenols is 1. The first-order valence-electron chi connectivity index (χ1n) is 3.80. The molecule has 1 aromatic carbocycles. The summed E-state index contributed by atoms with van der Waals surface area (Å²) in [5, 5.41) is 9.28. The average molecular weight is 200 g/mol. The molecule has 0 unspecified atom stereocenters. The van der Waals surface area contributed by atoms with Gasteiger partial charge in [-0.15, -0.1) is 0 Å². The highest BCUT2D eigenvalue weighted by Gasteiger charge is 1.95. The topological polar surface area (TPSA) is 49.7 Å². The first-order valence-corrected chi connectivity index (χ1v) is 4.17. The molecular formula is C9H10ClNO2. The normalized spacial score (nSPS) is 7.92. The van der Waals surface area contributed by atoms with Gasteiger partial charge in [0.2, 0.25) is 6.08 Å². The Morgan fingerprint density at radius 3 is 2.46 bits per heavy atom. The van der Waals surface area contributed by atoms with E-state index in [1.807, 2.05) is 13.8 Å². The Bertz CT molecular complexity index is 299. The van der Waals surface area contributed by atoms with E-state index in [0.29, 0.717) is 10.7 Å². The average Bonchev–Trinajstić information content (AvgIpc) is 2.06. The fourth-order valence-electron chi connectivity index (χ4n) is 0.676. The molecule has 1 aromatic rings. The molecule has 0 aromatic heterocycles. The lowest BCUT2D eigenvalue weighted by Crippen LogP contribution is -1.67. The van der Waals surface area contributed by atoms with Crippen LogP contribution in [0.15, 0.2) is 23.2 Å². The number of aliphatic imine (C=N–C) groups is 1. The zero-order valence-electron chi connectivity index (χ0n) is 7.41. The van der Waals surface area contributed by atoms with E-state index in [-0.39, 0.29) is 5.75 Å². The maximum absolute atomic E-state index is 9.78. The van der Waals surface area contributed by atoms with E-state index in [0.717, 1.165) is 0 Å². The molecule has 70 valence electrons. The van der Waals surface area contributed by atoms with Gasteiger partial charge in [0.25, 0.3) is 0 Å². The molecule has 0 aliphatic carbocycles. The monoisotopic (exact) mass is 199 g/mol. The fourth-order valence-corrected chi connectivity index (χ4v) is 0.900. The van der Waals surface area contributed by atoms with Gasteiger partial charge in [0.15, 0.2) is 0 Å². The number of rotatable bonds is 1. The number of halogens is 1. The summed E-state index contributed by atoms with van der Waals surface area (Å²) in [6.45, 7) is 4.00. The van der Waals surface area contributed by atoms with Gasteiger partial charge in [0, 0.05) is 11.1 Å². The third kappa shape index (κ3) is 4.31. The smallest absolute Gasteiger partial charge is 0.240 e. The molecule has 0 radical (unpaired) electrons. The summed E-state index contributed by atoms with van der Waals surface area (Å²) >= 11 is 5.54. The van der Waals surface area contributed by atoms with Gasteiger partial charge in [0.1, 0.15) is 5.75 Å². The van der Waals surface area contributed by atoms with E-state index in [9.17, 15) is 4.79 Å². The van der Waals surface area contributed by atoms with Crippen molar-refractivity contribution in [3.8, 4) is 5.75 Å². The summed E-state index contributed by atoms with van der Waals surface area (Å²) in [7, 11) is 0. The van der Waals surface area contributed by atoms with Crippen molar-refractivity contribution in [2.75, 3.05) is 0 Å². The molecule has 0 heterocycles. The molecule has 0 atom stereocenters. The Morgan fingerprint density at radius 1 is 1.38 bits per heavy atom. The second kappa shape index (κ2) is 6.23. The largest absolute Gasteiger partial charge is 0.508 e. The van der Waals surface area contributed by atoms with E-state index in [1.54, 1.807) is 0 Å². The number of isocyanates is 1. The summed E-state index contributed by atoms with van der Waals surface area (Å²) < 4.78 is 0. The number of hydrogen-bond donors (Lipinski definition) is 1. The number of benzene rings is 1. The maximum Gasteiger partial charge on any atom is 0.240 e. The Kier molecular flexibility index (Phi) is 5.60. The standard InChI is InChI=1S/C7H4ClNO2.C2H6/c8-5-1-6(9-4-10)3-7(11)2-5;1-2/h1-3,11H;1-2H3. The fraction of sp³-hybridized carbons (Fsp3) is 0.222. The number of phenolic OH excluding ortho intramolecular Hbond substituents is 1. The molecule has 13 heavy (non-hydrogen) atoms. The minimum atomic E-state index is -0.0218. The van der Waals surface area contributed by atoms with Crippen molar-refractivity contribution in [1.29, 1.82) is 0 Å². The minimum absolute atomic E-state index is 0.0218. The minimum Gasteiger partial charge on any atom is -0.508 e. The zero-order chi connectivity index (χ0) is 10.3. The van der Waals surface area contributed by atoms with Crippen molar-refractivity contribution in [3.05, 3.63) is 23.2 Å². The second-order valence-electron chi connectivity index (χ2n) is 1.87. The molecule has 0 bridgehead atoms. The summed E-state index contributed by atoms with van der Waals surface area (Å²) in [5.74, 6) is -0.0218. The quantitative estimate of drug-likeness (QED) is 0.558. The zero-order valence-corrected chi connectivity index (χ0v) is 8.17. The highest BCUT2D eigenvalue weighted by atomic mass is 35.5. The van der Waals surface area contributed by atoms with E-state index < -0.39 is 0 Å². The van der Waals surface area contributed by atoms with Crippen LogP contribution in [0.4, 0.5) is 5.69 Å². The van der Waals surface area contributed by atoms with Gasteiger partial charge in [-0.25, -0.2) is 4.79 Å². The second-order valence-corrected chi connectivity index (χ2v) is 2.31. The van der Waals surface area contributed by atoms with Gasteiger partial charge >= 0.3 is 0 Å². The molecule has 1 N–H and O–H groups in total. The van der Waals surface area contributed by atoms with E-state index in [4.69, 9.17) is 16.7 Å². The number of nitrogens with zero attached hydrogens (tertiary/aromatic N) is 1. The molecule has 1 rings (SSSR count).